The van der Waals surface area contributed by atoms with Crippen LogP contribution in [0.5, 0.6) is 0 Å². The number of rotatable bonds is 4. The zero-order valence-corrected chi connectivity index (χ0v) is 9.14. The van der Waals surface area contributed by atoms with Gasteiger partial charge in [0.05, 0.1) is 0 Å². The molecule has 1 aliphatic rings. The number of hydrogen-bond donors (Lipinski definition) is 0. The summed E-state index contributed by atoms with van der Waals surface area (Å²) in [5.74, 6) is 0. The Bertz CT molecular complexity index is 215. The van der Waals surface area contributed by atoms with Gasteiger partial charge in [-0.1, -0.05) is 32.8 Å². The van der Waals surface area contributed by atoms with Gasteiger partial charge in [-0.3, -0.25) is 4.99 Å². The smallest absolute Gasteiger partial charge is 0.0256 e. The summed E-state index contributed by atoms with van der Waals surface area (Å²) in [6, 6.07) is 0. The molecule has 0 aromatic rings. The Kier molecular flexibility index (Phi) is 3.71. The number of nitrogens with zero attached hydrogens (tertiary/aromatic N) is 1. The quantitative estimate of drug-likeness (QED) is 0.619. The molecule has 0 saturated heterocycles. The highest BCUT2D eigenvalue weighted by Crippen LogP contribution is 2.36. The predicted octanol–water partition coefficient (Wildman–Crippen LogP) is 3.95. The van der Waals surface area contributed by atoms with Crippen LogP contribution >= 0.6 is 0 Å². The van der Waals surface area contributed by atoms with Gasteiger partial charge in [0.25, 0.3) is 0 Å². The minimum Gasteiger partial charge on any atom is -0.269 e. The van der Waals surface area contributed by atoms with E-state index in [1.54, 1.807) is 0 Å². The molecule has 1 unspecified atom stereocenters. The summed E-state index contributed by atoms with van der Waals surface area (Å²) < 4.78 is 0. The van der Waals surface area contributed by atoms with Gasteiger partial charge in [0, 0.05) is 17.8 Å². The largest absolute Gasteiger partial charge is 0.269 e. The summed E-state index contributed by atoms with van der Waals surface area (Å²) in [6.45, 7) is 6.76. The van der Waals surface area contributed by atoms with Crippen LogP contribution in [0.2, 0.25) is 0 Å². The van der Waals surface area contributed by atoms with Crippen LogP contribution in [0.25, 0.3) is 0 Å². The lowest BCUT2D eigenvalue weighted by molar-refractivity contribution is 0.365. The molecule has 1 nitrogen and oxygen atoms in total. The van der Waals surface area contributed by atoms with E-state index in [9.17, 15) is 0 Å². The van der Waals surface area contributed by atoms with Crippen LogP contribution in [0.3, 0.4) is 0 Å². The Morgan fingerprint density at radius 3 is 2.69 bits per heavy atom. The van der Waals surface area contributed by atoms with Crippen molar-refractivity contribution in [1.82, 2.24) is 0 Å². The Labute approximate surface area is 82.0 Å². The molecule has 0 N–H and O–H groups in total. The molecule has 0 aromatic heterocycles. The van der Waals surface area contributed by atoms with Crippen LogP contribution in [0.15, 0.2) is 16.8 Å². The molecule has 1 atom stereocenters. The minimum absolute atomic E-state index is 0.384. The van der Waals surface area contributed by atoms with Crippen LogP contribution in [0, 0.1) is 5.41 Å². The molecule has 1 aliphatic heterocycles. The van der Waals surface area contributed by atoms with Crippen LogP contribution in [0.4, 0.5) is 0 Å². The fourth-order valence-corrected chi connectivity index (χ4v) is 2.10. The summed E-state index contributed by atoms with van der Waals surface area (Å²) >= 11 is 0. The first-order valence-electron chi connectivity index (χ1n) is 5.48. The fourth-order valence-electron chi connectivity index (χ4n) is 2.10. The van der Waals surface area contributed by atoms with Gasteiger partial charge in [-0.05, 0) is 25.7 Å². The zero-order valence-electron chi connectivity index (χ0n) is 9.14. The lowest BCUT2D eigenvalue weighted by Gasteiger charge is -2.31. The van der Waals surface area contributed by atoms with E-state index in [0.717, 1.165) is 6.42 Å². The molecule has 0 aliphatic carbocycles. The minimum atomic E-state index is 0.384. The van der Waals surface area contributed by atoms with Crippen LogP contribution in [-0.2, 0) is 0 Å². The van der Waals surface area contributed by atoms with Crippen molar-refractivity contribution in [2.75, 3.05) is 0 Å². The third kappa shape index (κ3) is 2.43. The van der Waals surface area contributed by atoms with Gasteiger partial charge in [-0.2, -0.15) is 0 Å². The summed E-state index contributed by atoms with van der Waals surface area (Å²) in [5, 5.41) is 0. The molecule has 0 spiro atoms. The summed E-state index contributed by atoms with van der Waals surface area (Å²) in [6.07, 6.45) is 10.4. The molecule has 1 rings (SSSR count). The number of allylic oxidation sites excluding steroid dienone is 1. The van der Waals surface area contributed by atoms with Crippen LogP contribution in [-0.4, -0.2) is 6.21 Å². The third-order valence-electron chi connectivity index (χ3n) is 3.09. The molecule has 1 heterocycles. The molecule has 1 heteroatoms. The third-order valence-corrected chi connectivity index (χ3v) is 3.09. The standard InChI is InChI=1S/C12H21N/c1-4-7-12(6-3)8-11(5-2)9-13-10-12/h9-10H,4-8H2,1-3H3. The summed E-state index contributed by atoms with van der Waals surface area (Å²) in [4.78, 5) is 4.39. The topological polar surface area (TPSA) is 12.4 Å². The van der Waals surface area contributed by atoms with Crippen molar-refractivity contribution in [2.24, 2.45) is 10.4 Å². The van der Waals surface area contributed by atoms with Crippen molar-refractivity contribution >= 4 is 6.21 Å². The maximum atomic E-state index is 4.39. The van der Waals surface area contributed by atoms with E-state index in [2.05, 4.69) is 32.0 Å². The van der Waals surface area contributed by atoms with E-state index >= 15 is 0 Å². The second-order valence-electron chi connectivity index (χ2n) is 4.06. The predicted molar refractivity (Wildman–Crippen MR) is 59.1 cm³/mol. The zero-order chi connectivity index (χ0) is 9.73. The molecule has 0 saturated carbocycles. The molecule has 0 amide bonds. The highest BCUT2D eigenvalue weighted by molar-refractivity contribution is 5.68. The maximum Gasteiger partial charge on any atom is 0.0256 e. The highest BCUT2D eigenvalue weighted by atomic mass is 14.7. The molecule has 13 heavy (non-hydrogen) atoms. The Morgan fingerprint density at radius 2 is 2.15 bits per heavy atom. The summed E-state index contributed by atoms with van der Waals surface area (Å²) in [5.41, 5.74) is 1.90. The Hall–Kier alpha value is -0.590. The monoisotopic (exact) mass is 179 g/mol. The van der Waals surface area contributed by atoms with Gasteiger partial charge in [0.1, 0.15) is 0 Å². The molecule has 0 radical (unpaired) electrons. The van der Waals surface area contributed by atoms with Crippen molar-refractivity contribution < 1.29 is 0 Å². The SMILES string of the molecule is CCCC1(CC)C=NC=C(CC)C1. The number of aliphatic imine (C=N–C) groups is 1. The highest BCUT2D eigenvalue weighted by Gasteiger charge is 2.27. The molecular formula is C12H21N. The maximum absolute atomic E-state index is 4.39. The van der Waals surface area contributed by atoms with Gasteiger partial charge in [0.2, 0.25) is 0 Å². The number of hydrogen-bond acceptors (Lipinski definition) is 1. The Balaban J connectivity index is 2.70. The fraction of sp³-hybridized carbons (Fsp3) is 0.750. The van der Waals surface area contributed by atoms with Gasteiger partial charge in [0.15, 0.2) is 0 Å². The first-order valence-corrected chi connectivity index (χ1v) is 5.48. The van der Waals surface area contributed by atoms with E-state index in [0.29, 0.717) is 5.41 Å². The van der Waals surface area contributed by atoms with Crippen LogP contribution in [0.1, 0.15) is 52.9 Å². The van der Waals surface area contributed by atoms with Gasteiger partial charge in [-0.15, -0.1) is 0 Å². The average Bonchev–Trinajstić information content (AvgIpc) is 2.19. The lowest BCUT2D eigenvalue weighted by atomic mass is 9.75. The van der Waals surface area contributed by atoms with E-state index in [4.69, 9.17) is 0 Å². The van der Waals surface area contributed by atoms with Crippen molar-refractivity contribution in [3.63, 3.8) is 0 Å². The first-order chi connectivity index (χ1) is 6.26. The average molecular weight is 179 g/mol. The van der Waals surface area contributed by atoms with E-state index in [-0.39, 0.29) is 0 Å². The van der Waals surface area contributed by atoms with Crippen molar-refractivity contribution in [3.8, 4) is 0 Å². The van der Waals surface area contributed by atoms with Crippen molar-refractivity contribution in [1.29, 1.82) is 0 Å². The lowest BCUT2D eigenvalue weighted by Crippen LogP contribution is -2.24. The molecular weight excluding hydrogens is 158 g/mol. The van der Waals surface area contributed by atoms with Crippen LogP contribution < -0.4 is 0 Å². The molecule has 0 aromatic carbocycles. The second-order valence-corrected chi connectivity index (χ2v) is 4.06. The molecule has 0 fully saturated rings. The van der Waals surface area contributed by atoms with Gasteiger partial charge < -0.3 is 0 Å². The molecule has 0 bridgehead atoms. The van der Waals surface area contributed by atoms with Gasteiger partial charge >= 0.3 is 0 Å². The van der Waals surface area contributed by atoms with Crippen molar-refractivity contribution in [3.05, 3.63) is 11.8 Å². The summed E-state index contributed by atoms with van der Waals surface area (Å²) in [7, 11) is 0. The first kappa shape index (κ1) is 10.5. The molecule has 74 valence electrons. The Morgan fingerprint density at radius 1 is 1.38 bits per heavy atom. The van der Waals surface area contributed by atoms with Gasteiger partial charge in [-0.25, -0.2) is 0 Å². The second kappa shape index (κ2) is 4.59. The normalized spacial score (nSPS) is 27.5. The van der Waals surface area contributed by atoms with Crippen molar-refractivity contribution in [2.45, 2.75) is 52.9 Å². The van der Waals surface area contributed by atoms with E-state index < -0.39 is 0 Å². The van der Waals surface area contributed by atoms with E-state index in [1.807, 2.05) is 6.20 Å². The van der Waals surface area contributed by atoms with E-state index in [1.165, 1.54) is 31.3 Å².